The van der Waals surface area contributed by atoms with Gasteiger partial charge in [0.2, 0.25) is 10.0 Å². The molecule has 0 spiro atoms. The van der Waals surface area contributed by atoms with E-state index in [-0.39, 0.29) is 17.0 Å². The first-order valence-corrected chi connectivity index (χ1v) is 8.88. The molecule has 0 bridgehead atoms. The number of hydrogen-bond acceptors (Lipinski definition) is 4. The van der Waals surface area contributed by atoms with Crippen molar-refractivity contribution < 1.29 is 8.42 Å². The van der Waals surface area contributed by atoms with Crippen molar-refractivity contribution >= 4 is 21.1 Å². The van der Waals surface area contributed by atoms with Crippen LogP contribution in [0.4, 0.5) is 0 Å². The minimum atomic E-state index is -3.70. The fraction of sp³-hybridized carbons (Fsp3) is 0.176. The molecule has 1 aromatic heterocycles. The zero-order chi connectivity index (χ0) is 17.2. The highest BCUT2D eigenvalue weighted by molar-refractivity contribution is 7.89. The molecule has 0 saturated heterocycles. The number of nitriles is 1. The maximum absolute atomic E-state index is 12.3. The highest BCUT2D eigenvalue weighted by Crippen LogP contribution is 2.16. The molecule has 24 heavy (non-hydrogen) atoms. The smallest absolute Gasteiger partial charge is 0.241 e. The fourth-order valence-corrected chi connectivity index (χ4v) is 3.73. The zero-order valence-corrected chi connectivity index (χ0v) is 13.9. The number of rotatable bonds is 5. The lowest BCUT2D eigenvalue weighted by Gasteiger charge is -2.08. The standard InChI is InChI=1S/C17H16N4O2S/c1-21-12-19-15-10-13(6-7-16(15)21)8-9-20-24(22,23)17-5-3-2-4-14(17)11-18/h2-7,10,12,20H,8-9H2,1H3. The summed E-state index contributed by atoms with van der Waals surface area (Å²) in [5.41, 5.74) is 3.05. The predicted octanol–water partition coefficient (Wildman–Crippen LogP) is 1.97. The van der Waals surface area contributed by atoms with Gasteiger partial charge in [0.1, 0.15) is 6.07 Å². The molecule has 0 aliphatic rings. The molecule has 3 aromatic rings. The summed E-state index contributed by atoms with van der Waals surface area (Å²) in [5, 5.41) is 9.04. The number of benzene rings is 2. The van der Waals surface area contributed by atoms with Crippen molar-refractivity contribution in [3.05, 3.63) is 59.9 Å². The Hall–Kier alpha value is -2.69. The average molecular weight is 340 g/mol. The molecule has 6 nitrogen and oxygen atoms in total. The van der Waals surface area contributed by atoms with Crippen LogP contribution in [-0.4, -0.2) is 24.5 Å². The van der Waals surface area contributed by atoms with Crippen LogP contribution in [0.15, 0.2) is 53.7 Å². The molecule has 0 saturated carbocycles. The van der Waals surface area contributed by atoms with E-state index in [1.54, 1.807) is 18.5 Å². The average Bonchev–Trinajstić information content (AvgIpc) is 2.95. The summed E-state index contributed by atoms with van der Waals surface area (Å²) in [7, 11) is -1.78. The van der Waals surface area contributed by atoms with E-state index in [9.17, 15) is 8.42 Å². The third-order valence-electron chi connectivity index (χ3n) is 3.79. The first-order valence-electron chi connectivity index (χ1n) is 7.40. The van der Waals surface area contributed by atoms with Crippen LogP contribution in [0, 0.1) is 11.3 Å². The Labute approximate surface area is 140 Å². The lowest BCUT2D eigenvalue weighted by Crippen LogP contribution is -2.26. The van der Waals surface area contributed by atoms with Crippen LogP contribution in [0.3, 0.4) is 0 Å². The number of imidazole rings is 1. The molecule has 1 N–H and O–H groups in total. The first kappa shape index (κ1) is 16.2. The summed E-state index contributed by atoms with van der Waals surface area (Å²) in [4.78, 5) is 4.30. The minimum absolute atomic E-state index is 0.00711. The van der Waals surface area contributed by atoms with Crippen LogP contribution in [0.25, 0.3) is 11.0 Å². The molecule has 0 amide bonds. The minimum Gasteiger partial charge on any atom is -0.334 e. The first-order chi connectivity index (χ1) is 11.5. The van der Waals surface area contributed by atoms with Crippen LogP contribution in [-0.2, 0) is 23.5 Å². The van der Waals surface area contributed by atoms with Crippen molar-refractivity contribution in [1.82, 2.24) is 14.3 Å². The van der Waals surface area contributed by atoms with Crippen molar-refractivity contribution in [3.63, 3.8) is 0 Å². The maximum atomic E-state index is 12.3. The molecular formula is C17H16N4O2S. The number of hydrogen-bond donors (Lipinski definition) is 1. The van der Waals surface area contributed by atoms with Gasteiger partial charge in [0, 0.05) is 13.6 Å². The lowest BCUT2D eigenvalue weighted by molar-refractivity contribution is 0.581. The quantitative estimate of drug-likeness (QED) is 0.769. The Morgan fingerprint density at radius 3 is 2.83 bits per heavy atom. The van der Waals surface area contributed by atoms with Crippen molar-refractivity contribution in [2.24, 2.45) is 7.05 Å². The predicted molar refractivity (Wildman–Crippen MR) is 90.8 cm³/mol. The van der Waals surface area contributed by atoms with Gasteiger partial charge in [-0.2, -0.15) is 5.26 Å². The van der Waals surface area contributed by atoms with Crippen LogP contribution in [0.2, 0.25) is 0 Å². The van der Waals surface area contributed by atoms with Gasteiger partial charge in [-0.05, 0) is 36.2 Å². The van der Waals surface area contributed by atoms with E-state index >= 15 is 0 Å². The second kappa shape index (κ2) is 6.43. The number of aromatic nitrogens is 2. The third-order valence-corrected chi connectivity index (χ3v) is 5.31. The molecular weight excluding hydrogens is 324 g/mol. The summed E-state index contributed by atoms with van der Waals surface area (Å²) in [5.74, 6) is 0. The van der Waals surface area contributed by atoms with E-state index in [0.717, 1.165) is 16.6 Å². The van der Waals surface area contributed by atoms with Crippen LogP contribution in [0.5, 0.6) is 0 Å². The molecule has 2 aromatic carbocycles. The SMILES string of the molecule is Cn1cnc2cc(CCNS(=O)(=O)c3ccccc3C#N)ccc21. The van der Waals surface area contributed by atoms with Gasteiger partial charge in [0.15, 0.2) is 0 Å². The summed E-state index contributed by atoms with van der Waals surface area (Å²) < 4.78 is 29.2. The van der Waals surface area contributed by atoms with Gasteiger partial charge in [-0.3, -0.25) is 0 Å². The molecule has 0 aliphatic carbocycles. The topological polar surface area (TPSA) is 87.8 Å². The maximum Gasteiger partial charge on any atom is 0.241 e. The van der Waals surface area contributed by atoms with Gasteiger partial charge in [-0.25, -0.2) is 18.1 Å². The van der Waals surface area contributed by atoms with Gasteiger partial charge < -0.3 is 4.57 Å². The number of nitrogens with zero attached hydrogens (tertiary/aromatic N) is 3. The van der Waals surface area contributed by atoms with Crippen molar-refractivity contribution in [3.8, 4) is 6.07 Å². The van der Waals surface area contributed by atoms with Gasteiger partial charge in [-0.1, -0.05) is 18.2 Å². The van der Waals surface area contributed by atoms with E-state index in [2.05, 4.69) is 9.71 Å². The zero-order valence-electron chi connectivity index (χ0n) is 13.1. The number of sulfonamides is 1. The number of aryl methyl sites for hydroxylation is 1. The molecule has 0 atom stereocenters. The van der Waals surface area contributed by atoms with Crippen LogP contribution in [0.1, 0.15) is 11.1 Å². The normalized spacial score (nSPS) is 11.5. The summed E-state index contributed by atoms with van der Waals surface area (Å²) >= 11 is 0. The molecule has 122 valence electrons. The van der Waals surface area contributed by atoms with E-state index in [1.807, 2.05) is 35.9 Å². The van der Waals surface area contributed by atoms with E-state index in [1.165, 1.54) is 12.1 Å². The summed E-state index contributed by atoms with van der Waals surface area (Å²) in [6, 6.07) is 13.9. The summed E-state index contributed by atoms with van der Waals surface area (Å²) in [6.07, 6.45) is 2.29. The second-order valence-electron chi connectivity index (χ2n) is 5.43. The number of fused-ring (bicyclic) bond motifs is 1. The summed E-state index contributed by atoms with van der Waals surface area (Å²) in [6.45, 7) is 0.250. The van der Waals surface area contributed by atoms with E-state index in [0.29, 0.717) is 6.42 Å². The third kappa shape index (κ3) is 3.15. The van der Waals surface area contributed by atoms with Crippen LogP contribution >= 0.6 is 0 Å². The monoisotopic (exact) mass is 340 g/mol. The molecule has 0 unspecified atom stereocenters. The van der Waals surface area contributed by atoms with Crippen LogP contribution < -0.4 is 4.72 Å². The lowest BCUT2D eigenvalue weighted by atomic mass is 10.1. The van der Waals surface area contributed by atoms with Crippen molar-refractivity contribution in [1.29, 1.82) is 5.26 Å². The molecule has 1 heterocycles. The molecule has 7 heteroatoms. The molecule has 0 aliphatic heterocycles. The van der Waals surface area contributed by atoms with Crippen molar-refractivity contribution in [2.45, 2.75) is 11.3 Å². The highest BCUT2D eigenvalue weighted by Gasteiger charge is 2.17. The highest BCUT2D eigenvalue weighted by atomic mass is 32.2. The Morgan fingerprint density at radius 2 is 2.04 bits per heavy atom. The largest absolute Gasteiger partial charge is 0.334 e. The molecule has 0 radical (unpaired) electrons. The van der Waals surface area contributed by atoms with Gasteiger partial charge in [-0.15, -0.1) is 0 Å². The van der Waals surface area contributed by atoms with E-state index in [4.69, 9.17) is 5.26 Å². The van der Waals surface area contributed by atoms with Gasteiger partial charge >= 0.3 is 0 Å². The molecule has 3 rings (SSSR count). The van der Waals surface area contributed by atoms with Gasteiger partial charge in [0.05, 0.1) is 27.8 Å². The fourth-order valence-electron chi connectivity index (χ4n) is 2.54. The second-order valence-corrected chi connectivity index (χ2v) is 7.17. The Morgan fingerprint density at radius 1 is 1.25 bits per heavy atom. The Kier molecular flexibility index (Phi) is 4.34. The number of nitrogens with one attached hydrogen (secondary N) is 1. The Bertz CT molecular complexity index is 1030. The molecule has 0 fully saturated rings. The van der Waals surface area contributed by atoms with E-state index < -0.39 is 10.0 Å². The van der Waals surface area contributed by atoms with Gasteiger partial charge in [0.25, 0.3) is 0 Å². The Balaban J connectivity index is 1.71. The van der Waals surface area contributed by atoms with Crippen molar-refractivity contribution in [2.75, 3.05) is 6.54 Å².